The Balaban J connectivity index is 1.27. The highest BCUT2D eigenvalue weighted by atomic mass is 16.6. The largest absolute Gasteiger partial charge is 0.486 e. The lowest BCUT2D eigenvalue weighted by Crippen LogP contribution is -2.23. The fourth-order valence-corrected chi connectivity index (χ4v) is 3.54. The van der Waals surface area contributed by atoms with E-state index in [2.05, 4.69) is 24.1 Å². The van der Waals surface area contributed by atoms with Gasteiger partial charge in [0.1, 0.15) is 18.7 Å². The van der Waals surface area contributed by atoms with Crippen LogP contribution in [0, 0.1) is 13.8 Å². The summed E-state index contributed by atoms with van der Waals surface area (Å²) in [6, 6.07) is 17.1. The lowest BCUT2D eigenvalue weighted by molar-refractivity contribution is 0.0949. The first-order valence-electron chi connectivity index (χ1n) is 10.2. The molecule has 1 aliphatic rings. The zero-order chi connectivity index (χ0) is 21.4. The highest BCUT2D eigenvalue weighted by molar-refractivity contribution is 5.94. The van der Waals surface area contributed by atoms with Crippen LogP contribution in [0.3, 0.4) is 0 Å². The Morgan fingerprint density at radius 3 is 2.48 bits per heavy atom. The molecule has 4 aromatic rings. The summed E-state index contributed by atoms with van der Waals surface area (Å²) in [4.78, 5) is 17.1. The lowest BCUT2D eigenvalue weighted by Gasteiger charge is -2.18. The number of oxazole rings is 1. The van der Waals surface area contributed by atoms with E-state index in [1.807, 2.05) is 36.4 Å². The Morgan fingerprint density at radius 2 is 1.68 bits per heavy atom. The lowest BCUT2D eigenvalue weighted by atomic mass is 10.1. The van der Waals surface area contributed by atoms with Crippen molar-refractivity contribution >= 4 is 17.0 Å². The molecule has 31 heavy (non-hydrogen) atoms. The first kappa shape index (κ1) is 19.2. The van der Waals surface area contributed by atoms with Crippen LogP contribution in [-0.4, -0.2) is 24.1 Å². The van der Waals surface area contributed by atoms with E-state index in [1.54, 1.807) is 18.2 Å². The van der Waals surface area contributed by atoms with Crippen molar-refractivity contribution in [2.75, 3.05) is 13.2 Å². The highest BCUT2D eigenvalue weighted by Gasteiger charge is 2.15. The van der Waals surface area contributed by atoms with Crippen LogP contribution in [0.5, 0.6) is 11.5 Å². The van der Waals surface area contributed by atoms with Crippen molar-refractivity contribution in [1.82, 2.24) is 10.3 Å². The average molecular weight is 414 g/mol. The number of ether oxygens (including phenoxy) is 2. The molecule has 0 saturated heterocycles. The van der Waals surface area contributed by atoms with Gasteiger partial charge in [-0.25, -0.2) is 4.98 Å². The van der Waals surface area contributed by atoms with Crippen LogP contribution >= 0.6 is 0 Å². The van der Waals surface area contributed by atoms with Gasteiger partial charge in [0.25, 0.3) is 5.91 Å². The number of aryl methyl sites for hydroxylation is 2. The van der Waals surface area contributed by atoms with Gasteiger partial charge < -0.3 is 19.2 Å². The van der Waals surface area contributed by atoms with Crippen molar-refractivity contribution in [1.29, 1.82) is 0 Å². The Labute approximate surface area is 179 Å². The molecule has 0 atom stereocenters. The Kier molecular flexibility index (Phi) is 4.82. The van der Waals surface area contributed by atoms with Gasteiger partial charge in [0.15, 0.2) is 17.1 Å². The monoisotopic (exact) mass is 414 g/mol. The van der Waals surface area contributed by atoms with Crippen molar-refractivity contribution in [2.24, 2.45) is 0 Å². The van der Waals surface area contributed by atoms with E-state index >= 15 is 0 Å². The van der Waals surface area contributed by atoms with Crippen molar-refractivity contribution in [3.05, 3.63) is 76.9 Å². The van der Waals surface area contributed by atoms with Gasteiger partial charge in [0, 0.05) is 17.7 Å². The van der Waals surface area contributed by atoms with Crippen LogP contribution in [0.2, 0.25) is 0 Å². The molecule has 0 bridgehead atoms. The second kappa shape index (κ2) is 7.80. The third kappa shape index (κ3) is 3.84. The summed E-state index contributed by atoms with van der Waals surface area (Å²) >= 11 is 0. The van der Waals surface area contributed by atoms with E-state index in [-0.39, 0.29) is 5.91 Å². The quantitative estimate of drug-likeness (QED) is 0.519. The number of nitrogens with zero attached hydrogens (tertiary/aromatic N) is 1. The van der Waals surface area contributed by atoms with Gasteiger partial charge in [0.05, 0.1) is 0 Å². The van der Waals surface area contributed by atoms with Crippen LogP contribution in [0.15, 0.2) is 59.0 Å². The molecule has 6 nitrogen and oxygen atoms in total. The van der Waals surface area contributed by atoms with Crippen molar-refractivity contribution < 1.29 is 18.7 Å². The van der Waals surface area contributed by atoms with E-state index in [1.165, 1.54) is 11.1 Å². The average Bonchev–Trinajstić information content (AvgIpc) is 3.20. The molecule has 0 spiro atoms. The minimum absolute atomic E-state index is 0.161. The molecule has 1 N–H and O–H groups in total. The predicted molar refractivity (Wildman–Crippen MR) is 118 cm³/mol. The topological polar surface area (TPSA) is 73.6 Å². The number of nitrogens with one attached hydrogen (secondary N) is 1. The summed E-state index contributed by atoms with van der Waals surface area (Å²) in [6.07, 6.45) is 0. The van der Waals surface area contributed by atoms with E-state index in [0.717, 1.165) is 22.2 Å². The summed E-state index contributed by atoms with van der Waals surface area (Å²) in [5, 5.41) is 2.94. The molecule has 1 amide bonds. The summed E-state index contributed by atoms with van der Waals surface area (Å²) in [6.45, 7) is 5.56. The second-order valence-electron chi connectivity index (χ2n) is 7.66. The number of hydrogen-bond acceptors (Lipinski definition) is 5. The number of rotatable bonds is 4. The Hall–Kier alpha value is -3.80. The summed E-state index contributed by atoms with van der Waals surface area (Å²) in [5.41, 5.74) is 6.43. The van der Waals surface area contributed by atoms with Crippen LogP contribution in [0.25, 0.3) is 22.6 Å². The number of benzene rings is 3. The molecular weight excluding hydrogens is 392 g/mol. The molecule has 0 saturated carbocycles. The summed E-state index contributed by atoms with van der Waals surface area (Å²) in [5.74, 6) is 1.70. The number of hydrogen-bond donors (Lipinski definition) is 1. The third-order valence-corrected chi connectivity index (χ3v) is 5.46. The van der Waals surface area contributed by atoms with Gasteiger partial charge in [-0.1, -0.05) is 12.1 Å². The molecule has 3 aromatic carbocycles. The number of amides is 1. The number of carbonyl (C=O) groups excluding carboxylic acids is 1. The molecule has 0 aliphatic carbocycles. The maximum absolute atomic E-state index is 12.5. The normalized spacial score (nSPS) is 12.7. The summed E-state index contributed by atoms with van der Waals surface area (Å²) < 4.78 is 17.0. The zero-order valence-electron chi connectivity index (χ0n) is 17.4. The maximum Gasteiger partial charge on any atom is 0.251 e. The van der Waals surface area contributed by atoms with Gasteiger partial charge in [-0.05, 0) is 73.0 Å². The molecular formula is C25H22N2O4. The standard InChI is InChI=1S/C25H22N2O4/c1-15-11-20-22(12-16(15)2)31-25(27-20)18-5-3-17(4-6-18)14-26-24(28)19-7-8-21-23(13-19)30-10-9-29-21/h3-8,11-13H,9-10,14H2,1-2H3,(H,26,28). The summed E-state index contributed by atoms with van der Waals surface area (Å²) in [7, 11) is 0. The van der Waals surface area contributed by atoms with Crippen molar-refractivity contribution in [3.63, 3.8) is 0 Å². The van der Waals surface area contributed by atoms with Crippen molar-refractivity contribution in [2.45, 2.75) is 20.4 Å². The SMILES string of the molecule is Cc1cc2nc(-c3ccc(CNC(=O)c4ccc5c(c4)OCCO5)cc3)oc2cc1C. The molecule has 156 valence electrons. The van der Waals surface area contributed by atoms with Gasteiger partial charge in [0.2, 0.25) is 5.89 Å². The number of aromatic nitrogens is 1. The van der Waals surface area contributed by atoms with E-state index in [4.69, 9.17) is 13.9 Å². The van der Waals surface area contributed by atoms with E-state index in [0.29, 0.717) is 42.7 Å². The fourth-order valence-electron chi connectivity index (χ4n) is 3.54. The Bertz CT molecular complexity index is 1240. The van der Waals surface area contributed by atoms with E-state index < -0.39 is 0 Å². The van der Waals surface area contributed by atoms with E-state index in [9.17, 15) is 4.79 Å². The first-order chi connectivity index (χ1) is 15.1. The van der Waals surface area contributed by atoms with Crippen LogP contribution in [-0.2, 0) is 6.54 Å². The molecule has 0 radical (unpaired) electrons. The third-order valence-electron chi connectivity index (χ3n) is 5.46. The minimum Gasteiger partial charge on any atom is -0.486 e. The smallest absolute Gasteiger partial charge is 0.251 e. The van der Waals surface area contributed by atoms with Gasteiger partial charge >= 0.3 is 0 Å². The first-order valence-corrected chi connectivity index (χ1v) is 10.2. The number of fused-ring (bicyclic) bond motifs is 2. The Morgan fingerprint density at radius 1 is 0.935 bits per heavy atom. The fraction of sp³-hybridized carbons (Fsp3) is 0.200. The van der Waals surface area contributed by atoms with Crippen molar-refractivity contribution in [3.8, 4) is 23.0 Å². The van der Waals surface area contributed by atoms with Crippen LogP contribution < -0.4 is 14.8 Å². The number of carbonyl (C=O) groups is 1. The van der Waals surface area contributed by atoms with Crippen LogP contribution in [0.1, 0.15) is 27.0 Å². The molecule has 1 aliphatic heterocycles. The van der Waals surface area contributed by atoms with Gasteiger partial charge in [-0.2, -0.15) is 0 Å². The van der Waals surface area contributed by atoms with Crippen LogP contribution in [0.4, 0.5) is 0 Å². The minimum atomic E-state index is -0.161. The zero-order valence-corrected chi connectivity index (χ0v) is 17.4. The van der Waals surface area contributed by atoms with Gasteiger partial charge in [-0.3, -0.25) is 4.79 Å². The molecule has 1 aromatic heterocycles. The highest BCUT2D eigenvalue weighted by Crippen LogP contribution is 2.31. The van der Waals surface area contributed by atoms with Gasteiger partial charge in [-0.15, -0.1) is 0 Å². The molecule has 6 heteroatoms. The maximum atomic E-state index is 12.5. The molecule has 0 fully saturated rings. The molecule has 5 rings (SSSR count). The molecule has 2 heterocycles. The predicted octanol–water partition coefficient (Wildman–Crippen LogP) is 4.81. The second-order valence-corrected chi connectivity index (χ2v) is 7.66. The molecule has 0 unspecified atom stereocenters.